The average molecular weight is 515 g/mol. The van der Waals surface area contributed by atoms with Gasteiger partial charge in [0.15, 0.2) is 11.0 Å². The van der Waals surface area contributed by atoms with Crippen LogP contribution in [0, 0.1) is 0 Å². The Morgan fingerprint density at radius 3 is 2.44 bits per heavy atom. The van der Waals surface area contributed by atoms with Gasteiger partial charge < -0.3 is 19.9 Å². The summed E-state index contributed by atoms with van der Waals surface area (Å²) in [4.78, 5) is 24.6. The van der Waals surface area contributed by atoms with Crippen molar-refractivity contribution in [2.24, 2.45) is 7.05 Å². The number of nitrogens with one attached hydrogen (secondary N) is 2. The van der Waals surface area contributed by atoms with Gasteiger partial charge in [-0.15, -0.1) is 10.2 Å². The number of thioether (sulfide) groups is 1. The molecule has 0 unspecified atom stereocenters. The topological polar surface area (TPSA) is 98.1 Å². The third-order valence-corrected chi connectivity index (χ3v) is 6.36. The summed E-state index contributed by atoms with van der Waals surface area (Å²) in [7, 11) is 3.32. The monoisotopic (exact) mass is 513 g/mol. The fourth-order valence-corrected chi connectivity index (χ4v) is 3.89. The number of rotatable bonds is 8. The quantitative estimate of drug-likeness (QED) is 0.341. The van der Waals surface area contributed by atoms with Gasteiger partial charge in [-0.1, -0.05) is 46.6 Å². The van der Waals surface area contributed by atoms with E-state index in [0.29, 0.717) is 33.0 Å². The van der Waals surface area contributed by atoms with Crippen molar-refractivity contribution in [3.8, 4) is 5.75 Å². The highest BCUT2D eigenvalue weighted by molar-refractivity contribution is 7.99. The number of anilines is 1. The number of carbonyl (C=O) groups excluding carboxylic acids is 2. The summed E-state index contributed by atoms with van der Waals surface area (Å²) in [5, 5.41) is 15.0. The van der Waals surface area contributed by atoms with E-state index in [9.17, 15) is 9.59 Å². The predicted molar refractivity (Wildman–Crippen MR) is 126 cm³/mol. The standard InChI is InChI=1S/C20H18Cl3N5O3S/c1-28-17(9-24-19(30)11-3-5-12(31-2)6-4-11)26-27-20(28)32-10-18(29)25-16-8-14(22)13(21)7-15(16)23/h3-8H,9-10H2,1-2H3,(H,24,30)(H,25,29). The molecule has 3 aromatic rings. The third kappa shape index (κ3) is 6.07. The number of halogens is 3. The third-order valence-electron chi connectivity index (χ3n) is 4.30. The molecule has 32 heavy (non-hydrogen) atoms. The molecule has 8 nitrogen and oxygen atoms in total. The molecule has 0 aliphatic carbocycles. The molecular weight excluding hydrogens is 497 g/mol. The van der Waals surface area contributed by atoms with Crippen LogP contribution in [0.1, 0.15) is 16.2 Å². The van der Waals surface area contributed by atoms with Gasteiger partial charge in [-0.05, 0) is 36.4 Å². The number of hydrogen-bond donors (Lipinski definition) is 2. The molecule has 0 fully saturated rings. The van der Waals surface area contributed by atoms with E-state index in [-0.39, 0.29) is 34.2 Å². The van der Waals surface area contributed by atoms with E-state index in [1.807, 2.05) is 0 Å². The fourth-order valence-electron chi connectivity index (χ4n) is 2.56. The highest BCUT2D eigenvalue weighted by atomic mass is 35.5. The van der Waals surface area contributed by atoms with E-state index in [1.165, 1.54) is 23.9 Å². The van der Waals surface area contributed by atoms with Gasteiger partial charge in [0.05, 0.1) is 40.2 Å². The molecule has 0 aliphatic heterocycles. The lowest BCUT2D eigenvalue weighted by atomic mass is 10.2. The van der Waals surface area contributed by atoms with Crippen LogP contribution in [0.3, 0.4) is 0 Å². The second-order valence-corrected chi connectivity index (χ2v) is 8.62. The minimum Gasteiger partial charge on any atom is -0.497 e. The first kappa shape index (κ1) is 24.2. The lowest BCUT2D eigenvalue weighted by molar-refractivity contribution is -0.113. The van der Waals surface area contributed by atoms with Crippen molar-refractivity contribution in [1.29, 1.82) is 0 Å². The van der Waals surface area contributed by atoms with Crippen LogP contribution in [0.25, 0.3) is 0 Å². The van der Waals surface area contributed by atoms with Gasteiger partial charge in [-0.2, -0.15) is 0 Å². The maximum atomic E-state index is 12.3. The molecule has 2 aromatic carbocycles. The van der Waals surface area contributed by atoms with Gasteiger partial charge in [0, 0.05) is 12.6 Å². The summed E-state index contributed by atoms with van der Waals surface area (Å²) in [6, 6.07) is 9.71. The minimum atomic E-state index is -0.298. The van der Waals surface area contributed by atoms with Crippen molar-refractivity contribution in [3.63, 3.8) is 0 Å². The Bertz CT molecular complexity index is 1140. The summed E-state index contributed by atoms with van der Waals surface area (Å²) < 4.78 is 6.79. The average Bonchev–Trinajstić information content (AvgIpc) is 3.13. The van der Waals surface area contributed by atoms with Crippen molar-refractivity contribution < 1.29 is 14.3 Å². The predicted octanol–water partition coefficient (Wildman–Crippen LogP) is 4.44. The van der Waals surface area contributed by atoms with Crippen LogP contribution in [0.2, 0.25) is 15.1 Å². The molecule has 0 bridgehead atoms. The summed E-state index contributed by atoms with van der Waals surface area (Å²) in [6.45, 7) is 0.181. The van der Waals surface area contributed by atoms with Crippen LogP contribution in [0.15, 0.2) is 41.6 Å². The molecule has 0 saturated carbocycles. The van der Waals surface area contributed by atoms with Crippen LogP contribution in [-0.2, 0) is 18.4 Å². The normalized spacial score (nSPS) is 10.7. The second kappa shape index (κ2) is 10.9. The molecule has 2 amide bonds. The Kier molecular flexibility index (Phi) is 8.25. The van der Waals surface area contributed by atoms with Crippen molar-refractivity contribution in [2.75, 3.05) is 18.2 Å². The van der Waals surface area contributed by atoms with Crippen LogP contribution < -0.4 is 15.4 Å². The minimum absolute atomic E-state index is 0.0702. The van der Waals surface area contributed by atoms with Gasteiger partial charge in [0.25, 0.3) is 5.91 Å². The first-order valence-electron chi connectivity index (χ1n) is 9.16. The molecule has 1 heterocycles. The summed E-state index contributed by atoms with van der Waals surface area (Å²) in [5.41, 5.74) is 0.867. The summed E-state index contributed by atoms with van der Waals surface area (Å²) in [6.07, 6.45) is 0. The number of amides is 2. The Morgan fingerprint density at radius 2 is 1.75 bits per heavy atom. The lowest BCUT2D eigenvalue weighted by Gasteiger charge is -2.09. The van der Waals surface area contributed by atoms with Crippen LogP contribution in [0.4, 0.5) is 5.69 Å². The molecule has 0 radical (unpaired) electrons. The number of hydrogen-bond acceptors (Lipinski definition) is 6. The maximum absolute atomic E-state index is 12.3. The van der Waals surface area contributed by atoms with Gasteiger partial charge in [-0.3, -0.25) is 9.59 Å². The van der Waals surface area contributed by atoms with E-state index in [2.05, 4.69) is 20.8 Å². The number of nitrogens with zero attached hydrogens (tertiary/aromatic N) is 3. The van der Waals surface area contributed by atoms with Crippen molar-refractivity contribution in [3.05, 3.63) is 62.9 Å². The van der Waals surface area contributed by atoms with Crippen molar-refractivity contribution in [1.82, 2.24) is 20.1 Å². The van der Waals surface area contributed by atoms with E-state index in [0.717, 1.165) is 0 Å². The lowest BCUT2D eigenvalue weighted by Crippen LogP contribution is -2.24. The molecule has 1 aromatic heterocycles. The molecule has 3 rings (SSSR count). The van der Waals surface area contributed by atoms with Crippen LogP contribution >= 0.6 is 46.6 Å². The smallest absolute Gasteiger partial charge is 0.251 e. The van der Waals surface area contributed by atoms with E-state index in [1.54, 1.807) is 43.0 Å². The Labute approximate surface area is 203 Å². The zero-order valence-electron chi connectivity index (χ0n) is 17.0. The number of ether oxygens (including phenoxy) is 1. The number of benzene rings is 2. The molecule has 0 aliphatic rings. The highest BCUT2D eigenvalue weighted by Gasteiger charge is 2.14. The Balaban J connectivity index is 1.53. The Morgan fingerprint density at radius 1 is 1.06 bits per heavy atom. The number of aromatic nitrogens is 3. The molecule has 2 N–H and O–H groups in total. The highest BCUT2D eigenvalue weighted by Crippen LogP contribution is 2.32. The van der Waals surface area contributed by atoms with Crippen LogP contribution in [0.5, 0.6) is 5.75 Å². The largest absolute Gasteiger partial charge is 0.497 e. The molecule has 0 spiro atoms. The first-order chi connectivity index (χ1) is 15.3. The summed E-state index contributed by atoms with van der Waals surface area (Å²) in [5.74, 6) is 0.737. The van der Waals surface area contributed by atoms with Crippen LogP contribution in [-0.4, -0.2) is 39.4 Å². The first-order valence-corrected chi connectivity index (χ1v) is 11.3. The molecular formula is C20H18Cl3N5O3S. The molecule has 0 atom stereocenters. The van der Waals surface area contributed by atoms with Gasteiger partial charge >= 0.3 is 0 Å². The van der Waals surface area contributed by atoms with Crippen molar-refractivity contribution >= 4 is 64.1 Å². The van der Waals surface area contributed by atoms with E-state index >= 15 is 0 Å². The van der Waals surface area contributed by atoms with Gasteiger partial charge in [0.2, 0.25) is 5.91 Å². The summed E-state index contributed by atoms with van der Waals surface area (Å²) >= 11 is 19.1. The van der Waals surface area contributed by atoms with E-state index in [4.69, 9.17) is 39.5 Å². The second-order valence-electron chi connectivity index (χ2n) is 6.45. The Hall–Kier alpha value is -2.46. The number of carbonyl (C=O) groups is 2. The maximum Gasteiger partial charge on any atom is 0.251 e. The zero-order valence-corrected chi connectivity index (χ0v) is 20.1. The molecule has 12 heteroatoms. The molecule has 0 saturated heterocycles. The van der Waals surface area contributed by atoms with Gasteiger partial charge in [0.1, 0.15) is 5.75 Å². The zero-order chi connectivity index (χ0) is 23.3. The van der Waals surface area contributed by atoms with E-state index < -0.39 is 0 Å². The fraction of sp³-hybridized carbons (Fsp3) is 0.200. The number of methoxy groups -OCH3 is 1. The SMILES string of the molecule is COc1ccc(C(=O)NCc2nnc(SCC(=O)Nc3cc(Cl)c(Cl)cc3Cl)n2C)cc1. The van der Waals surface area contributed by atoms with Crippen molar-refractivity contribution in [2.45, 2.75) is 11.7 Å². The molecule has 168 valence electrons. The van der Waals surface area contributed by atoms with Gasteiger partial charge in [-0.25, -0.2) is 0 Å².